The molecule has 4 aliphatic heterocycles. The molecule has 0 unspecified atom stereocenters. The summed E-state index contributed by atoms with van der Waals surface area (Å²) in [5, 5.41) is 12.2. The molecule has 3 amide bonds. The van der Waals surface area contributed by atoms with E-state index in [1.807, 2.05) is 80.6 Å². The fourth-order valence-corrected chi connectivity index (χ4v) is 7.59. The Bertz CT molecular complexity index is 1590. The highest BCUT2D eigenvalue weighted by Gasteiger charge is 2.73. The average molecular weight is 656 g/mol. The molecule has 10 nitrogen and oxygen atoms in total. The highest BCUT2D eigenvalue weighted by Crippen LogP contribution is 2.56. The van der Waals surface area contributed by atoms with E-state index in [-0.39, 0.29) is 43.8 Å². The molecule has 0 aromatic heterocycles. The number of anilines is 1. The molecular weight excluding hydrogens is 610 g/mol. The summed E-state index contributed by atoms with van der Waals surface area (Å²) in [6.45, 7) is 4.65. The van der Waals surface area contributed by atoms with Gasteiger partial charge in [0.25, 0.3) is 5.91 Å². The predicted molar refractivity (Wildman–Crippen MR) is 180 cm³/mol. The number of aliphatic hydroxyl groups is 1. The monoisotopic (exact) mass is 655 g/mol. The number of rotatable bonds is 8. The molecule has 4 heterocycles. The molecule has 6 rings (SSSR count). The van der Waals surface area contributed by atoms with Gasteiger partial charge in [0.15, 0.2) is 0 Å². The van der Waals surface area contributed by atoms with E-state index < -0.39 is 41.7 Å². The molecule has 48 heavy (non-hydrogen) atoms. The molecular formula is C38H45N3O7. The maximum atomic E-state index is 15.0. The zero-order valence-electron chi connectivity index (χ0n) is 27.7. The number of ether oxygens (including phenoxy) is 2. The van der Waals surface area contributed by atoms with Crippen molar-refractivity contribution >= 4 is 29.4 Å². The van der Waals surface area contributed by atoms with Gasteiger partial charge in [0.2, 0.25) is 11.8 Å². The largest absolute Gasteiger partial charge is 0.455 e. The van der Waals surface area contributed by atoms with Crippen LogP contribution in [0.2, 0.25) is 0 Å². The van der Waals surface area contributed by atoms with Crippen LogP contribution in [-0.2, 0) is 28.7 Å². The summed E-state index contributed by atoms with van der Waals surface area (Å²) >= 11 is 0. The number of fused-ring (bicyclic) bond motifs is 2. The van der Waals surface area contributed by atoms with Crippen LogP contribution in [-0.4, -0.2) is 77.7 Å². The first-order chi connectivity index (χ1) is 23.2. The summed E-state index contributed by atoms with van der Waals surface area (Å²) in [5.41, 5.74) is 2.01. The quantitative estimate of drug-likeness (QED) is 0.249. The van der Waals surface area contributed by atoms with Crippen LogP contribution in [0.15, 0.2) is 72.8 Å². The number of hydrogen-bond donors (Lipinski definition) is 2. The average Bonchev–Trinajstić information content (AvgIpc) is 3.73. The van der Waals surface area contributed by atoms with Gasteiger partial charge in [0, 0.05) is 31.8 Å². The molecule has 2 aromatic rings. The number of benzene rings is 2. The van der Waals surface area contributed by atoms with Gasteiger partial charge in [0.1, 0.15) is 23.7 Å². The van der Waals surface area contributed by atoms with Crippen LogP contribution in [0.5, 0.6) is 0 Å². The van der Waals surface area contributed by atoms with Crippen molar-refractivity contribution in [1.82, 2.24) is 10.2 Å². The number of carbonyl (C=O) groups excluding carboxylic acids is 4. The Kier molecular flexibility index (Phi) is 10.1. The minimum atomic E-state index is -1.34. The molecule has 2 saturated heterocycles. The number of allylic oxidation sites excluding steroid dienone is 1. The summed E-state index contributed by atoms with van der Waals surface area (Å²) in [6, 6.07) is 14.2. The molecule has 5 bridgehead atoms. The molecule has 2 aromatic carbocycles. The summed E-state index contributed by atoms with van der Waals surface area (Å²) in [6.07, 6.45) is 9.47. The Balaban J connectivity index is 1.41. The molecule has 0 saturated carbocycles. The summed E-state index contributed by atoms with van der Waals surface area (Å²) in [7, 11) is 0. The van der Waals surface area contributed by atoms with E-state index in [4.69, 9.17) is 9.47 Å². The lowest BCUT2D eigenvalue weighted by atomic mass is 9.74. The first-order valence-electron chi connectivity index (χ1n) is 17.1. The molecule has 2 N–H and O–H groups in total. The number of cyclic esters (lactones) is 1. The Morgan fingerprint density at radius 3 is 2.54 bits per heavy atom. The lowest BCUT2D eigenvalue weighted by Gasteiger charge is -2.36. The topological polar surface area (TPSA) is 125 Å². The van der Waals surface area contributed by atoms with E-state index >= 15 is 4.79 Å². The van der Waals surface area contributed by atoms with Gasteiger partial charge in [-0.3, -0.25) is 19.2 Å². The maximum Gasteiger partial charge on any atom is 0.313 e. The van der Waals surface area contributed by atoms with Crippen molar-refractivity contribution < 1.29 is 33.8 Å². The molecule has 254 valence electrons. The van der Waals surface area contributed by atoms with Gasteiger partial charge >= 0.3 is 5.97 Å². The van der Waals surface area contributed by atoms with Crippen molar-refractivity contribution in [3.05, 3.63) is 89.5 Å². The normalized spacial score (nSPS) is 29.6. The number of aliphatic hydroxyl groups excluding tert-OH is 1. The third kappa shape index (κ3) is 6.43. The van der Waals surface area contributed by atoms with Crippen LogP contribution >= 0.6 is 0 Å². The van der Waals surface area contributed by atoms with Crippen LogP contribution in [0.1, 0.15) is 61.3 Å². The molecule has 2 fully saturated rings. The van der Waals surface area contributed by atoms with Crippen LogP contribution in [0.25, 0.3) is 0 Å². The second-order valence-electron chi connectivity index (χ2n) is 13.3. The second kappa shape index (κ2) is 14.5. The number of esters is 1. The van der Waals surface area contributed by atoms with E-state index in [2.05, 4.69) is 5.32 Å². The number of likely N-dealkylation sites (tertiary alicyclic amines) is 1. The summed E-state index contributed by atoms with van der Waals surface area (Å²) < 4.78 is 12.7. The van der Waals surface area contributed by atoms with Crippen molar-refractivity contribution in [2.45, 2.75) is 76.2 Å². The first kappa shape index (κ1) is 33.6. The van der Waals surface area contributed by atoms with Gasteiger partial charge in [-0.05, 0) is 55.9 Å². The highest BCUT2D eigenvalue weighted by atomic mass is 16.6. The third-order valence-corrected chi connectivity index (χ3v) is 10.0. The smallest absolute Gasteiger partial charge is 0.313 e. The SMILES string of the molecule is Cc1ccc(C)c(N2C/C=C\CCC(=O)NC[C@H](c3ccccc3)OC(=O)[C@@H]3[C@H]4C(=O)N(CCCCCCO)[C@H](C2=O)[C@]42C=C[C@H]3O2)c1. The van der Waals surface area contributed by atoms with E-state index in [9.17, 15) is 19.5 Å². The summed E-state index contributed by atoms with van der Waals surface area (Å²) in [4.78, 5) is 59.8. The number of nitrogens with one attached hydrogen (secondary N) is 1. The van der Waals surface area contributed by atoms with E-state index in [0.29, 0.717) is 25.8 Å². The number of nitrogens with zero attached hydrogens (tertiary/aromatic N) is 2. The van der Waals surface area contributed by atoms with Crippen LogP contribution in [0.3, 0.4) is 0 Å². The zero-order chi connectivity index (χ0) is 33.8. The van der Waals surface area contributed by atoms with Crippen LogP contribution in [0.4, 0.5) is 5.69 Å². The van der Waals surface area contributed by atoms with E-state index in [1.165, 1.54) is 0 Å². The second-order valence-corrected chi connectivity index (χ2v) is 13.3. The van der Waals surface area contributed by atoms with Gasteiger partial charge < -0.3 is 29.7 Å². The lowest BCUT2D eigenvalue weighted by molar-refractivity contribution is -0.159. The zero-order valence-corrected chi connectivity index (χ0v) is 27.7. The fraction of sp³-hybridized carbons (Fsp3) is 0.474. The number of amides is 3. The maximum absolute atomic E-state index is 15.0. The standard InChI is InChI=1S/C38H45N3O7/c1-25-16-17-26(2)28(23-25)40-20-11-6-9-15-31(43)39-24-30(27-13-7-5-8-14-27)47-37(46)32-29-18-19-38(48-29)33(32)35(44)41(34(38)36(40)45)21-10-3-4-12-22-42/h5-8,11,13-14,16-19,23,29-30,32-34,42H,3-4,9-10,12,15,20-22,24H2,1-2H3,(H,39,43)/b11-6-/t29-,30-,32+,33+,34-,38+/m1/s1. The minimum Gasteiger partial charge on any atom is -0.455 e. The molecule has 0 aliphatic carbocycles. The van der Waals surface area contributed by atoms with Gasteiger partial charge in [-0.1, -0.05) is 79.6 Å². The van der Waals surface area contributed by atoms with Crippen molar-refractivity contribution in [3.8, 4) is 0 Å². The van der Waals surface area contributed by atoms with Gasteiger partial charge in [-0.15, -0.1) is 0 Å². The number of carbonyl (C=O) groups is 4. The van der Waals surface area contributed by atoms with Crippen molar-refractivity contribution in [3.63, 3.8) is 0 Å². The number of aryl methyl sites for hydroxylation is 2. The highest BCUT2D eigenvalue weighted by molar-refractivity contribution is 6.05. The molecule has 1 spiro atoms. The number of hydrogen-bond acceptors (Lipinski definition) is 7. The molecule has 0 radical (unpaired) electrons. The Morgan fingerprint density at radius 1 is 0.958 bits per heavy atom. The predicted octanol–water partition coefficient (Wildman–Crippen LogP) is 4.09. The van der Waals surface area contributed by atoms with Crippen molar-refractivity contribution in [2.24, 2.45) is 11.8 Å². The first-order valence-corrected chi connectivity index (χ1v) is 17.1. The fourth-order valence-electron chi connectivity index (χ4n) is 7.59. The van der Waals surface area contributed by atoms with Crippen LogP contribution in [0, 0.1) is 25.7 Å². The minimum absolute atomic E-state index is 0.0810. The lowest BCUT2D eigenvalue weighted by Crippen LogP contribution is -2.56. The van der Waals surface area contributed by atoms with E-state index in [0.717, 1.165) is 35.2 Å². The van der Waals surface area contributed by atoms with Crippen molar-refractivity contribution in [2.75, 3.05) is 31.1 Å². The third-order valence-electron chi connectivity index (χ3n) is 10.0. The van der Waals surface area contributed by atoms with Crippen LogP contribution < -0.4 is 10.2 Å². The molecule has 6 atom stereocenters. The molecule has 4 aliphatic rings. The Labute approximate surface area is 281 Å². The Hall–Kier alpha value is -4.28. The van der Waals surface area contributed by atoms with Gasteiger partial charge in [0.05, 0.1) is 18.6 Å². The van der Waals surface area contributed by atoms with Gasteiger partial charge in [-0.2, -0.15) is 0 Å². The Morgan fingerprint density at radius 2 is 1.75 bits per heavy atom. The van der Waals surface area contributed by atoms with Gasteiger partial charge in [-0.25, -0.2) is 0 Å². The summed E-state index contributed by atoms with van der Waals surface area (Å²) in [5.74, 6) is -3.26. The number of unbranched alkanes of at least 4 members (excludes halogenated alkanes) is 3. The van der Waals surface area contributed by atoms with E-state index in [1.54, 1.807) is 15.9 Å². The van der Waals surface area contributed by atoms with Crippen molar-refractivity contribution in [1.29, 1.82) is 0 Å². The molecule has 10 heteroatoms.